The van der Waals surface area contributed by atoms with Crippen molar-refractivity contribution in [2.75, 3.05) is 6.61 Å². The Kier molecular flexibility index (Phi) is 5.55. The monoisotopic (exact) mass is 376 g/mol. The first-order chi connectivity index (χ1) is 11.0. The number of hydrogen-bond acceptors (Lipinski definition) is 3. The average Bonchev–Trinajstić information content (AvgIpc) is 2.54. The van der Waals surface area contributed by atoms with Crippen LogP contribution in [0.5, 0.6) is 0 Å². The van der Waals surface area contributed by atoms with Crippen molar-refractivity contribution in [1.29, 1.82) is 0 Å². The second-order valence-corrected chi connectivity index (χ2v) is 5.93. The minimum absolute atomic E-state index is 0.0185. The number of esters is 1. The molecule has 1 unspecified atom stereocenters. The smallest absolute Gasteiger partial charge is 0.328 e. The van der Waals surface area contributed by atoms with Crippen LogP contribution in [-0.2, 0) is 26.2 Å². The molecule has 0 fully saturated rings. The summed E-state index contributed by atoms with van der Waals surface area (Å²) in [7, 11) is 0. The predicted octanol–water partition coefficient (Wildman–Crippen LogP) is 3.58. The molecule has 120 valence electrons. The first kappa shape index (κ1) is 17.2. The Balaban J connectivity index is 2.63. The van der Waals surface area contributed by atoms with Gasteiger partial charge in [-0.3, -0.25) is 9.59 Å². The summed E-state index contributed by atoms with van der Waals surface area (Å²) in [5.74, 6) is -1.99. The van der Waals surface area contributed by atoms with Crippen LogP contribution in [0.3, 0.4) is 0 Å². The molecule has 0 radical (unpaired) electrons. The van der Waals surface area contributed by atoms with Crippen molar-refractivity contribution in [3.8, 4) is 0 Å². The number of hydrogen-bond donors (Lipinski definition) is 1. The maximum atomic E-state index is 12.6. The van der Waals surface area contributed by atoms with Crippen LogP contribution in [0.15, 0.2) is 59.1 Å². The largest absolute Gasteiger partial charge is 0.480 e. The standard InChI is InChI=1S/C18H17BrO4/c1-2-23-17(22)18(16(20)21,12-13-8-4-3-5-9-13)14-10-6-7-11-15(14)19/h3-11H,2,12H2,1H3,(H,20,21). The first-order valence-corrected chi connectivity index (χ1v) is 8.01. The van der Waals surface area contributed by atoms with Gasteiger partial charge < -0.3 is 9.84 Å². The van der Waals surface area contributed by atoms with E-state index in [2.05, 4.69) is 15.9 Å². The van der Waals surface area contributed by atoms with Gasteiger partial charge in [0.2, 0.25) is 0 Å². The van der Waals surface area contributed by atoms with Crippen molar-refractivity contribution in [2.24, 2.45) is 0 Å². The highest BCUT2D eigenvalue weighted by Crippen LogP contribution is 2.35. The van der Waals surface area contributed by atoms with Gasteiger partial charge in [0.1, 0.15) is 0 Å². The molecule has 5 heteroatoms. The summed E-state index contributed by atoms with van der Waals surface area (Å²) in [5.41, 5.74) is -0.661. The van der Waals surface area contributed by atoms with E-state index in [-0.39, 0.29) is 13.0 Å². The van der Waals surface area contributed by atoms with Crippen LogP contribution in [-0.4, -0.2) is 23.7 Å². The van der Waals surface area contributed by atoms with E-state index in [0.717, 1.165) is 5.56 Å². The van der Waals surface area contributed by atoms with Gasteiger partial charge in [-0.2, -0.15) is 0 Å². The van der Waals surface area contributed by atoms with Crippen molar-refractivity contribution in [3.05, 3.63) is 70.2 Å². The molecular formula is C18H17BrO4. The fourth-order valence-corrected chi connectivity index (χ4v) is 3.14. The van der Waals surface area contributed by atoms with Crippen molar-refractivity contribution in [2.45, 2.75) is 18.8 Å². The van der Waals surface area contributed by atoms with E-state index in [4.69, 9.17) is 4.74 Å². The van der Waals surface area contributed by atoms with Crippen LogP contribution < -0.4 is 0 Å². The number of carboxylic acid groups (broad SMARTS) is 1. The van der Waals surface area contributed by atoms with Crippen LogP contribution in [0, 0.1) is 0 Å². The van der Waals surface area contributed by atoms with Gasteiger partial charge in [0.25, 0.3) is 0 Å². The van der Waals surface area contributed by atoms with Crippen LogP contribution in [0.25, 0.3) is 0 Å². The lowest BCUT2D eigenvalue weighted by molar-refractivity contribution is -0.161. The lowest BCUT2D eigenvalue weighted by atomic mass is 9.75. The third kappa shape index (κ3) is 3.45. The Morgan fingerprint density at radius 3 is 2.26 bits per heavy atom. The van der Waals surface area contributed by atoms with Gasteiger partial charge >= 0.3 is 11.9 Å². The van der Waals surface area contributed by atoms with Gasteiger partial charge in [0, 0.05) is 10.9 Å². The van der Waals surface area contributed by atoms with Gasteiger partial charge in [-0.1, -0.05) is 64.5 Å². The normalized spacial score (nSPS) is 13.1. The zero-order valence-electron chi connectivity index (χ0n) is 12.7. The number of aliphatic carboxylic acids is 1. The lowest BCUT2D eigenvalue weighted by Gasteiger charge is -2.28. The van der Waals surface area contributed by atoms with Crippen molar-refractivity contribution in [1.82, 2.24) is 0 Å². The molecule has 1 N–H and O–H groups in total. The maximum absolute atomic E-state index is 12.6. The molecule has 0 aliphatic heterocycles. The molecule has 0 aromatic heterocycles. The fourth-order valence-electron chi connectivity index (χ4n) is 2.52. The van der Waals surface area contributed by atoms with Crippen LogP contribution in [0.4, 0.5) is 0 Å². The molecule has 0 amide bonds. The molecule has 0 heterocycles. The number of ether oxygens (including phenoxy) is 1. The molecule has 0 bridgehead atoms. The molecule has 2 aromatic rings. The van der Waals surface area contributed by atoms with Gasteiger partial charge in [0.05, 0.1) is 6.61 Å². The number of rotatable bonds is 6. The highest BCUT2D eigenvalue weighted by Gasteiger charge is 2.50. The quantitative estimate of drug-likeness (QED) is 0.618. The van der Waals surface area contributed by atoms with E-state index in [1.807, 2.05) is 18.2 Å². The predicted molar refractivity (Wildman–Crippen MR) is 90.2 cm³/mol. The average molecular weight is 377 g/mol. The third-order valence-electron chi connectivity index (χ3n) is 3.63. The summed E-state index contributed by atoms with van der Waals surface area (Å²) < 4.78 is 5.67. The van der Waals surface area contributed by atoms with E-state index < -0.39 is 17.4 Å². The van der Waals surface area contributed by atoms with Crippen LogP contribution in [0.2, 0.25) is 0 Å². The highest BCUT2D eigenvalue weighted by molar-refractivity contribution is 9.10. The van der Waals surface area contributed by atoms with Gasteiger partial charge in [0.15, 0.2) is 5.41 Å². The second-order valence-electron chi connectivity index (χ2n) is 5.07. The number of benzene rings is 2. The summed E-state index contributed by atoms with van der Waals surface area (Å²) in [4.78, 5) is 24.8. The van der Waals surface area contributed by atoms with E-state index in [1.165, 1.54) is 0 Å². The van der Waals surface area contributed by atoms with Crippen LogP contribution >= 0.6 is 15.9 Å². The summed E-state index contributed by atoms with van der Waals surface area (Å²) in [6, 6.07) is 15.9. The Morgan fingerprint density at radius 2 is 1.70 bits per heavy atom. The Morgan fingerprint density at radius 1 is 1.09 bits per heavy atom. The van der Waals surface area contributed by atoms with Crippen LogP contribution in [0.1, 0.15) is 18.1 Å². The summed E-state index contributed by atoms with van der Waals surface area (Å²) >= 11 is 3.36. The van der Waals surface area contributed by atoms with E-state index in [9.17, 15) is 14.7 Å². The zero-order valence-corrected chi connectivity index (χ0v) is 14.2. The number of carbonyl (C=O) groups is 2. The van der Waals surface area contributed by atoms with Gasteiger partial charge in [-0.05, 0) is 24.1 Å². The number of carbonyl (C=O) groups excluding carboxylic acids is 1. The molecule has 0 aliphatic rings. The minimum atomic E-state index is -1.79. The molecule has 4 nitrogen and oxygen atoms in total. The van der Waals surface area contributed by atoms with Gasteiger partial charge in [-0.25, -0.2) is 0 Å². The molecule has 0 aliphatic carbocycles. The van der Waals surface area contributed by atoms with Crippen molar-refractivity contribution in [3.63, 3.8) is 0 Å². The molecule has 1 atom stereocenters. The molecule has 0 spiro atoms. The molecule has 2 aromatic carbocycles. The molecule has 0 saturated heterocycles. The zero-order chi connectivity index (χ0) is 16.9. The van der Waals surface area contributed by atoms with E-state index >= 15 is 0 Å². The third-order valence-corrected chi connectivity index (χ3v) is 4.33. The molecule has 2 rings (SSSR count). The van der Waals surface area contributed by atoms with E-state index in [1.54, 1.807) is 43.3 Å². The summed E-state index contributed by atoms with van der Waals surface area (Å²) in [6.45, 7) is 1.78. The first-order valence-electron chi connectivity index (χ1n) is 7.22. The second kappa shape index (κ2) is 7.42. The number of halogens is 1. The molecule has 0 saturated carbocycles. The summed E-state index contributed by atoms with van der Waals surface area (Å²) in [6.07, 6.45) is 0.0185. The summed E-state index contributed by atoms with van der Waals surface area (Å²) in [5, 5.41) is 9.94. The van der Waals surface area contributed by atoms with Crippen molar-refractivity contribution >= 4 is 27.9 Å². The highest BCUT2D eigenvalue weighted by atomic mass is 79.9. The van der Waals surface area contributed by atoms with Crippen molar-refractivity contribution < 1.29 is 19.4 Å². The Bertz CT molecular complexity index is 699. The minimum Gasteiger partial charge on any atom is -0.480 e. The Labute approximate surface area is 143 Å². The Hall–Kier alpha value is -2.14. The topological polar surface area (TPSA) is 63.6 Å². The fraction of sp³-hybridized carbons (Fsp3) is 0.222. The van der Waals surface area contributed by atoms with E-state index in [0.29, 0.717) is 10.0 Å². The lowest BCUT2D eigenvalue weighted by Crippen LogP contribution is -2.47. The molecular weight excluding hydrogens is 360 g/mol. The number of carboxylic acids is 1. The molecule has 23 heavy (non-hydrogen) atoms. The van der Waals surface area contributed by atoms with Gasteiger partial charge in [-0.15, -0.1) is 0 Å². The SMILES string of the molecule is CCOC(=O)C(Cc1ccccc1)(C(=O)O)c1ccccc1Br. The maximum Gasteiger partial charge on any atom is 0.328 e.